The highest BCUT2D eigenvalue weighted by Crippen LogP contribution is 2.40. The van der Waals surface area contributed by atoms with Crippen LogP contribution in [0.3, 0.4) is 0 Å². The number of rotatable bonds is 9. The first kappa shape index (κ1) is 25.7. The van der Waals surface area contributed by atoms with Crippen molar-refractivity contribution in [2.24, 2.45) is 0 Å². The number of pyridine rings is 1. The molecule has 5 rings (SSSR count). The van der Waals surface area contributed by atoms with Gasteiger partial charge in [-0.1, -0.05) is 49.2 Å². The fraction of sp³-hybridized carbons (Fsp3) is 0.367. The van der Waals surface area contributed by atoms with E-state index < -0.39 is 18.1 Å². The maximum Gasteiger partial charge on any atom is 0.326 e. The van der Waals surface area contributed by atoms with Gasteiger partial charge in [-0.15, -0.1) is 0 Å². The van der Waals surface area contributed by atoms with Gasteiger partial charge in [0.25, 0.3) is 5.91 Å². The standard InChI is InChI=1S/C30H32N2O6/c1-36-26-12-11-22-18-32(29(33)27(21-7-3-2-4-8-21)38-23-9-5-6-10-23)25(30(34)35)17-24(22)28(26)37-19-20-13-15-31-16-14-20/h2-4,7-8,11-16,23,25,27H,5-6,9-10,17-19H2,1H3,(H,34,35)/t25?,27-/m0/s1. The zero-order valence-corrected chi connectivity index (χ0v) is 21.4. The molecule has 198 valence electrons. The van der Waals surface area contributed by atoms with Crippen molar-refractivity contribution in [3.63, 3.8) is 0 Å². The summed E-state index contributed by atoms with van der Waals surface area (Å²) in [5, 5.41) is 10.2. The van der Waals surface area contributed by atoms with E-state index in [-0.39, 0.29) is 31.6 Å². The Morgan fingerprint density at radius 2 is 1.79 bits per heavy atom. The minimum atomic E-state index is -1.07. The summed E-state index contributed by atoms with van der Waals surface area (Å²) in [7, 11) is 1.55. The molecule has 1 aromatic heterocycles. The smallest absolute Gasteiger partial charge is 0.326 e. The quantitative estimate of drug-likeness (QED) is 0.440. The molecule has 2 heterocycles. The van der Waals surface area contributed by atoms with Crippen LogP contribution < -0.4 is 9.47 Å². The number of carboxylic acid groups (broad SMARTS) is 1. The molecule has 1 N–H and O–H groups in total. The number of aromatic nitrogens is 1. The molecule has 3 aromatic rings. The topological polar surface area (TPSA) is 98.2 Å². The molecule has 2 aromatic carbocycles. The fourth-order valence-corrected chi connectivity index (χ4v) is 5.30. The van der Waals surface area contributed by atoms with Gasteiger partial charge in [0.2, 0.25) is 0 Å². The fourth-order valence-electron chi connectivity index (χ4n) is 5.30. The van der Waals surface area contributed by atoms with Crippen molar-refractivity contribution in [3.8, 4) is 11.5 Å². The van der Waals surface area contributed by atoms with E-state index in [1.165, 1.54) is 4.90 Å². The number of carboxylic acids is 1. The first-order valence-electron chi connectivity index (χ1n) is 13.0. The number of carbonyl (C=O) groups is 2. The Labute approximate surface area is 222 Å². The Bertz CT molecular complexity index is 1260. The van der Waals surface area contributed by atoms with Gasteiger partial charge in [-0.3, -0.25) is 9.78 Å². The number of ether oxygens (including phenoxy) is 3. The summed E-state index contributed by atoms with van der Waals surface area (Å²) in [6.45, 7) is 0.416. The molecule has 8 nitrogen and oxygen atoms in total. The molecule has 2 aliphatic rings. The number of amides is 1. The molecule has 1 fully saturated rings. The number of fused-ring (bicyclic) bond motifs is 1. The van der Waals surface area contributed by atoms with Crippen molar-refractivity contribution in [1.82, 2.24) is 9.88 Å². The molecular weight excluding hydrogens is 484 g/mol. The van der Waals surface area contributed by atoms with Crippen molar-refractivity contribution < 1.29 is 28.9 Å². The van der Waals surface area contributed by atoms with E-state index in [1.54, 1.807) is 25.6 Å². The summed E-state index contributed by atoms with van der Waals surface area (Å²) in [6.07, 6.45) is 6.56. The maximum absolute atomic E-state index is 14.0. The van der Waals surface area contributed by atoms with E-state index in [4.69, 9.17) is 14.2 Å². The number of benzene rings is 2. The van der Waals surface area contributed by atoms with Gasteiger partial charge in [-0.25, -0.2) is 4.79 Å². The summed E-state index contributed by atoms with van der Waals surface area (Å²) >= 11 is 0. The van der Waals surface area contributed by atoms with Gasteiger partial charge < -0.3 is 24.2 Å². The van der Waals surface area contributed by atoms with E-state index in [1.807, 2.05) is 48.5 Å². The number of carbonyl (C=O) groups excluding carboxylic acids is 1. The lowest BCUT2D eigenvalue weighted by Crippen LogP contribution is -2.50. The van der Waals surface area contributed by atoms with Gasteiger partial charge in [0.15, 0.2) is 17.6 Å². The molecule has 38 heavy (non-hydrogen) atoms. The van der Waals surface area contributed by atoms with E-state index in [0.717, 1.165) is 47.9 Å². The van der Waals surface area contributed by atoms with Crippen LogP contribution in [0.25, 0.3) is 0 Å². The Kier molecular flexibility index (Phi) is 7.89. The first-order chi connectivity index (χ1) is 18.5. The monoisotopic (exact) mass is 516 g/mol. The summed E-state index contributed by atoms with van der Waals surface area (Å²) < 4.78 is 18.1. The van der Waals surface area contributed by atoms with Crippen molar-refractivity contribution in [1.29, 1.82) is 0 Å². The zero-order chi connectivity index (χ0) is 26.5. The van der Waals surface area contributed by atoms with E-state index in [2.05, 4.69) is 4.98 Å². The molecular formula is C30H32N2O6. The maximum atomic E-state index is 14.0. The lowest BCUT2D eigenvalue weighted by molar-refractivity contribution is -0.160. The number of hydrogen-bond donors (Lipinski definition) is 1. The van der Waals surface area contributed by atoms with Crippen LogP contribution in [0.4, 0.5) is 0 Å². The predicted octanol–water partition coefficient (Wildman–Crippen LogP) is 4.71. The Balaban J connectivity index is 1.46. The lowest BCUT2D eigenvalue weighted by atomic mass is 9.91. The molecule has 1 aliphatic heterocycles. The highest BCUT2D eigenvalue weighted by Gasteiger charge is 2.41. The summed E-state index contributed by atoms with van der Waals surface area (Å²) in [6, 6.07) is 15.7. The molecule has 8 heteroatoms. The van der Waals surface area contributed by atoms with Gasteiger partial charge in [-0.2, -0.15) is 0 Å². The molecule has 2 atom stereocenters. The van der Waals surface area contributed by atoms with Crippen LogP contribution in [0.2, 0.25) is 0 Å². The summed E-state index contributed by atoms with van der Waals surface area (Å²) in [5.41, 5.74) is 3.23. The largest absolute Gasteiger partial charge is 0.493 e. The second-order valence-corrected chi connectivity index (χ2v) is 9.74. The van der Waals surface area contributed by atoms with Gasteiger partial charge in [0.1, 0.15) is 12.6 Å². The number of hydrogen-bond acceptors (Lipinski definition) is 6. The second-order valence-electron chi connectivity index (χ2n) is 9.74. The SMILES string of the molecule is COc1ccc2c(c1OCc1ccncc1)CC(C(=O)O)N(C(=O)[C@@H](OC1CCCC1)c1ccccc1)C2. The zero-order valence-electron chi connectivity index (χ0n) is 21.4. The third kappa shape index (κ3) is 5.50. The highest BCUT2D eigenvalue weighted by molar-refractivity contribution is 5.88. The van der Waals surface area contributed by atoms with E-state index in [0.29, 0.717) is 11.5 Å². The van der Waals surface area contributed by atoms with Crippen LogP contribution in [-0.4, -0.2) is 46.1 Å². The highest BCUT2D eigenvalue weighted by atomic mass is 16.5. The van der Waals surface area contributed by atoms with Crippen molar-refractivity contribution >= 4 is 11.9 Å². The summed E-state index contributed by atoms with van der Waals surface area (Å²) in [5.74, 6) is -0.383. The molecule has 1 unspecified atom stereocenters. The Hall–Kier alpha value is -3.91. The van der Waals surface area contributed by atoms with Crippen LogP contribution in [0.5, 0.6) is 11.5 Å². The second kappa shape index (κ2) is 11.6. The summed E-state index contributed by atoms with van der Waals surface area (Å²) in [4.78, 5) is 32.0. The molecule has 1 saturated carbocycles. The Morgan fingerprint density at radius 3 is 2.47 bits per heavy atom. The van der Waals surface area contributed by atoms with Crippen LogP contribution in [0, 0.1) is 0 Å². The molecule has 0 saturated heterocycles. The van der Waals surface area contributed by atoms with Gasteiger partial charge in [0.05, 0.1) is 13.2 Å². The first-order valence-corrected chi connectivity index (χ1v) is 13.0. The van der Waals surface area contributed by atoms with Crippen LogP contribution in [-0.2, 0) is 33.9 Å². The van der Waals surface area contributed by atoms with Crippen LogP contribution >= 0.6 is 0 Å². The van der Waals surface area contributed by atoms with Crippen LogP contribution in [0.15, 0.2) is 67.0 Å². The number of nitrogens with zero attached hydrogens (tertiary/aromatic N) is 2. The predicted molar refractivity (Wildman–Crippen MR) is 140 cm³/mol. The molecule has 1 amide bonds. The number of aliphatic carboxylic acids is 1. The normalized spacial score (nSPS) is 18.0. The van der Waals surface area contributed by atoms with E-state index in [9.17, 15) is 14.7 Å². The van der Waals surface area contributed by atoms with Gasteiger partial charge in [-0.05, 0) is 47.7 Å². The molecule has 0 radical (unpaired) electrons. The number of methoxy groups -OCH3 is 1. The molecule has 0 spiro atoms. The van der Waals surface area contributed by atoms with Crippen molar-refractivity contribution in [2.75, 3.05) is 7.11 Å². The van der Waals surface area contributed by atoms with Gasteiger partial charge in [0, 0.05) is 30.9 Å². The van der Waals surface area contributed by atoms with Crippen molar-refractivity contribution in [3.05, 3.63) is 89.2 Å². The van der Waals surface area contributed by atoms with Crippen LogP contribution in [0.1, 0.15) is 54.0 Å². The minimum Gasteiger partial charge on any atom is -0.493 e. The van der Waals surface area contributed by atoms with Crippen molar-refractivity contribution in [2.45, 2.75) is 63.5 Å². The third-order valence-corrected chi connectivity index (χ3v) is 7.31. The lowest BCUT2D eigenvalue weighted by Gasteiger charge is -2.37. The average Bonchev–Trinajstić information content (AvgIpc) is 3.48. The van der Waals surface area contributed by atoms with E-state index >= 15 is 0 Å². The van der Waals surface area contributed by atoms with Gasteiger partial charge >= 0.3 is 5.97 Å². The third-order valence-electron chi connectivity index (χ3n) is 7.31. The Morgan fingerprint density at radius 1 is 1.05 bits per heavy atom. The molecule has 1 aliphatic carbocycles. The molecule has 0 bridgehead atoms. The minimum absolute atomic E-state index is 0.0121. The average molecular weight is 517 g/mol.